The van der Waals surface area contributed by atoms with Gasteiger partial charge in [-0.3, -0.25) is 14.3 Å². The number of alkyl halides is 6. The van der Waals surface area contributed by atoms with Crippen molar-refractivity contribution >= 4 is 55.0 Å². The van der Waals surface area contributed by atoms with Gasteiger partial charge in [-0.2, -0.15) is 31.4 Å². The Morgan fingerprint density at radius 3 is 2.46 bits per heavy atom. The number of anilines is 1. The van der Waals surface area contributed by atoms with E-state index in [-0.39, 0.29) is 48.2 Å². The lowest BCUT2D eigenvalue weighted by molar-refractivity contribution is -0.142. The maximum absolute atomic E-state index is 13.6. The molecule has 0 aromatic carbocycles. The number of nitrogens with one attached hydrogen (secondary N) is 1. The van der Waals surface area contributed by atoms with E-state index in [1.165, 1.54) is 25.3 Å². The highest BCUT2D eigenvalue weighted by Crippen LogP contribution is 2.48. The fourth-order valence-corrected chi connectivity index (χ4v) is 5.94. The van der Waals surface area contributed by atoms with Crippen LogP contribution in [0.2, 0.25) is 0 Å². The summed E-state index contributed by atoms with van der Waals surface area (Å²) in [6, 6.07) is 2.22. The van der Waals surface area contributed by atoms with Gasteiger partial charge in [-0.25, -0.2) is 4.98 Å². The quantitative estimate of drug-likeness (QED) is 0.228. The second kappa shape index (κ2) is 9.36. The van der Waals surface area contributed by atoms with E-state index in [2.05, 4.69) is 31.3 Å². The van der Waals surface area contributed by atoms with Crippen molar-refractivity contribution in [3.05, 3.63) is 50.9 Å². The number of furan rings is 1. The highest BCUT2D eigenvalue weighted by Gasteiger charge is 2.43. The molecule has 206 valence electrons. The van der Waals surface area contributed by atoms with Gasteiger partial charge >= 0.3 is 12.4 Å². The van der Waals surface area contributed by atoms with Gasteiger partial charge in [-0.05, 0) is 53.9 Å². The Balaban J connectivity index is 1.63. The molecule has 4 heterocycles. The highest BCUT2D eigenvalue weighted by atomic mass is 79.9. The third-order valence-electron chi connectivity index (χ3n) is 6.08. The van der Waals surface area contributed by atoms with Crippen LogP contribution in [-0.4, -0.2) is 26.6 Å². The molecule has 8 nitrogen and oxygen atoms in total. The first-order valence-electron chi connectivity index (χ1n) is 11.2. The molecular formula is C23H16BrF6N5O3S. The van der Waals surface area contributed by atoms with Crippen LogP contribution in [0.15, 0.2) is 33.4 Å². The standard InChI is InChI=1S/C23H16BrF6N5O3S/c1-8(35-16(9-4-5-9)14(24)18(34-35)23(28,29)30)20(37)33-15-13-10(11-3-2-6-38-11)7-12(22(25,26)27)32-21(13)39-17(15)19(31)36/h2-3,6-9H,4-5H2,1H3,(H2,31,36)(H,33,37). The van der Waals surface area contributed by atoms with E-state index >= 15 is 0 Å². The van der Waals surface area contributed by atoms with Gasteiger partial charge < -0.3 is 15.5 Å². The Morgan fingerprint density at radius 1 is 1.23 bits per heavy atom. The molecule has 16 heteroatoms. The zero-order valence-electron chi connectivity index (χ0n) is 19.6. The average molecular weight is 636 g/mol. The van der Waals surface area contributed by atoms with Crippen molar-refractivity contribution in [1.82, 2.24) is 14.8 Å². The normalized spacial score (nSPS) is 15.1. The first-order valence-corrected chi connectivity index (χ1v) is 12.8. The topological polar surface area (TPSA) is 116 Å². The van der Waals surface area contributed by atoms with Crippen LogP contribution in [-0.2, 0) is 17.1 Å². The number of hydrogen-bond acceptors (Lipinski definition) is 6. The van der Waals surface area contributed by atoms with Crippen molar-refractivity contribution in [2.45, 2.75) is 44.1 Å². The third-order valence-corrected chi connectivity index (χ3v) is 7.96. The number of nitrogens with two attached hydrogens (primary N) is 1. The van der Waals surface area contributed by atoms with Gasteiger partial charge in [0.25, 0.3) is 5.91 Å². The van der Waals surface area contributed by atoms with Gasteiger partial charge in [0.2, 0.25) is 5.91 Å². The summed E-state index contributed by atoms with van der Waals surface area (Å²) in [5, 5.41) is 6.09. The van der Waals surface area contributed by atoms with Crippen LogP contribution < -0.4 is 11.1 Å². The third kappa shape index (κ3) is 4.90. The summed E-state index contributed by atoms with van der Waals surface area (Å²) >= 11 is 3.50. The Labute approximate surface area is 227 Å². The van der Waals surface area contributed by atoms with Crippen molar-refractivity contribution in [3.8, 4) is 11.3 Å². The van der Waals surface area contributed by atoms with Gasteiger partial charge in [-0.15, -0.1) is 11.3 Å². The predicted octanol–water partition coefficient (Wildman–Crippen LogP) is 6.73. The molecule has 2 amide bonds. The number of nitrogens with zero attached hydrogens (tertiary/aromatic N) is 3. The summed E-state index contributed by atoms with van der Waals surface area (Å²) in [7, 11) is 0. The second-order valence-corrected chi connectivity index (χ2v) is 10.6. The number of aromatic nitrogens is 3. The molecule has 1 saturated carbocycles. The molecule has 0 spiro atoms. The average Bonchev–Trinajstić information content (AvgIpc) is 3.24. The van der Waals surface area contributed by atoms with Gasteiger partial charge in [0.1, 0.15) is 27.2 Å². The SMILES string of the molecule is CC(C(=O)Nc1c(C(N)=O)sc2nc(C(F)(F)F)cc(-c3ccco3)c12)n1nc(C(F)(F)F)c(Br)c1C1CC1. The molecule has 1 fully saturated rings. The van der Waals surface area contributed by atoms with Crippen LogP contribution in [0, 0.1) is 0 Å². The minimum absolute atomic E-state index is 0.00730. The molecule has 1 atom stereocenters. The lowest BCUT2D eigenvalue weighted by Gasteiger charge is -2.17. The van der Waals surface area contributed by atoms with E-state index in [0.29, 0.717) is 30.2 Å². The molecule has 0 bridgehead atoms. The summed E-state index contributed by atoms with van der Waals surface area (Å²) in [4.78, 5) is 28.7. The van der Waals surface area contributed by atoms with Gasteiger partial charge in [0.15, 0.2) is 5.69 Å². The fraction of sp³-hybridized carbons (Fsp3) is 0.304. The van der Waals surface area contributed by atoms with Crippen molar-refractivity contribution in [2.24, 2.45) is 5.73 Å². The smallest absolute Gasteiger partial charge is 0.436 e. The zero-order chi connectivity index (χ0) is 28.4. The molecular weight excluding hydrogens is 620 g/mol. The minimum atomic E-state index is -4.84. The van der Waals surface area contributed by atoms with E-state index in [0.717, 1.165) is 4.68 Å². The summed E-state index contributed by atoms with van der Waals surface area (Å²) < 4.78 is 87.4. The Morgan fingerprint density at radius 2 is 1.92 bits per heavy atom. The van der Waals surface area contributed by atoms with Crippen molar-refractivity contribution in [3.63, 3.8) is 0 Å². The first kappa shape index (κ1) is 27.2. The van der Waals surface area contributed by atoms with E-state index in [4.69, 9.17) is 10.2 Å². The van der Waals surface area contributed by atoms with E-state index < -0.39 is 41.6 Å². The molecule has 39 heavy (non-hydrogen) atoms. The molecule has 0 aliphatic heterocycles. The summed E-state index contributed by atoms with van der Waals surface area (Å²) in [6.07, 6.45) is -7.18. The first-order chi connectivity index (χ1) is 18.2. The van der Waals surface area contributed by atoms with Crippen molar-refractivity contribution < 1.29 is 40.3 Å². The van der Waals surface area contributed by atoms with E-state index in [1.807, 2.05) is 0 Å². The lowest BCUT2D eigenvalue weighted by Crippen LogP contribution is -2.27. The number of pyridine rings is 1. The monoisotopic (exact) mass is 635 g/mol. The fourth-order valence-electron chi connectivity index (χ4n) is 4.13. The van der Waals surface area contributed by atoms with Gasteiger partial charge in [0.05, 0.1) is 22.1 Å². The molecule has 0 saturated heterocycles. The number of hydrogen-bond donors (Lipinski definition) is 2. The number of carbonyl (C=O) groups excluding carboxylic acids is 2. The molecule has 3 N–H and O–H groups in total. The summed E-state index contributed by atoms with van der Waals surface area (Å²) in [6.45, 7) is 1.31. The number of rotatable bonds is 6. The van der Waals surface area contributed by atoms with Crippen LogP contribution in [0.3, 0.4) is 0 Å². The number of amides is 2. The van der Waals surface area contributed by atoms with Crippen LogP contribution in [0.5, 0.6) is 0 Å². The maximum Gasteiger partial charge on any atom is 0.436 e. The number of halogens is 7. The lowest BCUT2D eigenvalue weighted by atomic mass is 10.1. The van der Waals surface area contributed by atoms with Crippen LogP contribution in [0.4, 0.5) is 32.0 Å². The number of fused-ring (bicyclic) bond motifs is 1. The number of primary amides is 1. The summed E-state index contributed by atoms with van der Waals surface area (Å²) in [5.41, 5.74) is 2.86. The molecule has 1 aliphatic carbocycles. The number of carbonyl (C=O) groups is 2. The molecule has 1 unspecified atom stereocenters. The molecule has 4 aromatic rings. The predicted molar refractivity (Wildman–Crippen MR) is 131 cm³/mol. The maximum atomic E-state index is 13.6. The molecule has 0 radical (unpaired) electrons. The molecule has 4 aromatic heterocycles. The van der Waals surface area contributed by atoms with Crippen molar-refractivity contribution in [2.75, 3.05) is 5.32 Å². The number of thiophene rings is 1. The van der Waals surface area contributed by atoms with Crippen molar-refractivity contribution in [1.29, 1.82) is 0 Å². The van der Waals surface area contributed by atoms with E-state index in [9.17, 15) is 35.9 Å². The van der Waals surface area contributed by atoms with Crippen LogP contribution in [0.25, 0.3) is 21.5 Å². The van der Waals surface area contributed by atoms with Crippen LogP contribution in [0.1, 0.15) is 58.5 Å². The Hall–Kier alpha value is -3.40. The Bertz CT molecular complexity index is 1610. The van der Waals surface area contributed by atoms with E-state index in [1.54, 1.807) is 0 Å². The van der Waals surface area contributed by atoms with Gasteiger partial charge in [-0.1, -0.05) is 0 Å². The minimum Gasteiger partial charge on any atom is -0.464 e. The largest absolute Gasteiger partial charge is 0.464 e. The Kier molecular flexibility index (Phi) is 6.52. The highest BCUT2D eigenvalue weighted by molar-refractivity contribution is 9.10. The second-order valence-electron chi connectivity index (χ2n) is 8.81. The van der Waals surface area contributed by atoms with Crippen LogP contribution >= 0.6 is 27.3 Å². The summed E-state index contributed by atoms with van der Waals surface area (Å²) in [5.74, 6) is -2.18. The molecule has 5 rings (SSSR count). The molecule has 1 aliphatic rings. The van der Waals surface area contributed by atoms with Gasteiger partial charge in [0, 0.05) is 16.9 Å². The zero-order valence-corrected chi connectivity index (χ0v) is 22.0.